The van der Waals surface area contributed by atoms with Crippen LogP contribution in [0.2, 0.25) is 10.0 Å². The van der Waals surface area contributed by atoms with Gasteiger partial charge in [0.2, 0.25) is 0 Å². The molecule has 6 nitrogen and oxygen atoms in total. The van der Waals surface area contributed by atoms with E-state index in [-0.39, 0.29) is 6.73 Å². The van der Waals surface area contributed by atoms with Crippen molar-refractivity contribution in [2.45, 2.75) is 6.73 Å². The number of hydrogen-bond donors (Lipinski definition) is 0. The molecule has 0 aliphatic rings. The predicted octanol–water partition coefficient (Wildman–Crippen LogP) is 1.67. The molecular weight excluding hydrogens is 289 g/mol. The lowest BCUT2D eigenvalue weighted by atomic mass is 10.3. The Bertz CT molecular complexity index is 668. The molecule has 1 aromatic heterocycles. The quantitative estimate of drug-likeness (QED) is 0.805. The van der Waals surface area contributed by atoms with Gasteiger partial charge in [0.25, 0.3) is 10.1 Å². The fourth-order valence-corrected chi connectivity index (χ4v) is 1.81. The van der Waals surface area contributed by atoms with Crippen molar-refractivity contribution in [2.75, 3.05) is 6.26 Å². The summed E-state index contributed by atoms with van der Waals surface area (Å²) < 4.78 is 27.6. The third-order valence-electron chi connectivity index (χ3n) is 1.95. The first kappa shape index (κ1) is 12.6. The highest BCUT2D eigenvalue weighted by molar-refractivity contribution is 7.85. The second-order valence-corrected chi connectivity index (χ2v) is 5.75. The number of hydrogen-bond acceptors (Lipinski definition) is 5. The SMILES string of the molecule is CS(=O)(=O)OCn1nnc2cc(Cl)c(Cl)cc21. The van der Waals surface area contributed by atoms with Gasteiger partial charge < -0.3 is 0 Å². The highest BCUT2D eigenvalue weighted by Crippen LogP contribution is 2.26. The van der Waals surface area contributed by atoms with Crippen molar-refractivity contribution in [3.05, 3.63) is 22.2 Å². The first-order valence-corrected chi connectivity index (χ1v) is 6.97. The Balaban J connectivity index is 2.39. The van der Waals surface area contributed by atoms with Gasteiger partial charge in [-0.1, -0.05) is 28.4 Å². The van der Waals surface area contributed by atoms with Gasteiger partial charge in [-0.15, -0.1) is 5.10 Å². The normalized spacial score (nSPS) is 12.2. The zero-order valence-electron chi connectivity index (χ0n) is 8.59. The van der Waals surface area contributed by atoms with E-state index in [1.54, 1.807) is 12.1 Å². The van der Waals surface area contributed by atoms with Crippen LogP contribution < -0.4 is 0 Å². The topological polar surface area (TPSA) is 74.1 Å². The second-order valence-electron chi connectivity index (χ2n) is 3.30. The van der Waals surface area contributed by atoms with Gasteiger partial charge in [0.1, 0.15) is 5.52 Å². The molecule has 1 aromatic carbocycles. The molecule has 0 amide bonds. The summed E-state index contributed by atoms with van der Waals surface area (Å²) in [6, 6.07) is 3.09. The molecule has 2 aromatic rings. The molecular formula is C8H7Cl2N3O3S. The Morgan fingerprint density at radius 1 is 1.35 bits per heavy atom. The lowest BCUT2D eigenvalue weighted by molar-refractivity contribution is 0.232. The summed E-state index contributed by atoms with van der Waals surface area (Å²) in [5.74, 6) is 0. The van der Waals surface area contributed by atoms with E-state index < -0.39 is 10.1 Å². The van der Waals surface area contributed by atoms with Crippen molar-refractivity contribution >= 4 is 44.4 Å². The maximum atomic E-state index is 10.9. The van der Waals surface area contributed by atoms with Crippen molar-refractivity contribution in [1.82, 2.24) is 15.0 Å². The third kappa shape index (κ3) is 2.86. The van der Waals surface area contributed by atoms with Gasteiger partial charge in [0, 0.05) is 0 Å². The van der Waals surface area contributed by atoms with Crippen molar-refractivity contribution in [1.29, 1.82) is 0 Å². The summed E-state index contributed by atoms with van der Waals surface area (Å²) in [6.45, 7) is -0.257. The monoisotopic (exact) mass is 295 g/mol. The van der Waals surface area contributed by atoms with Crippen molar-refractivity contribution in [3.63, 3.8) is 0 Å². The fourth-order valence-electron chi connectivity index (χ4n) is 1.20. The molecule has 0 radical (unpaired) electrons. The summed E-state index contributed by atoms with van der Waals surface area (Å²) in [5, 5.41) is 8.25. The molecule has 0 atom stereocenters. The van der Waals surface area contributed by atoms with Gasteiger partial charge in [-0.05, 0) is 12.1 Å². The molecule has 0 saturated carbocycles. The largest absolute Gasteiger partial charge is 0.266 e. The number of aromatic nitrogens is 3. The summed E-state index contributed by atoms with van der Waals surface area (Å²) >= 11 is 11.7. The molecule has 0 aliphatic heterocycles. The molecule has 2 rings (SSSR count). The van der Waals surface area contributed by atoms with Crippen LogP contribution in [-0.2, 0) is 21.0 Å². The zero-order chi connectivity index (χ0) is 12.6. The van der Waals surface area contributed by atoms with E-state index in [9.17, 15) is 8.42 Å². The van der Waals surface area contributed by atoms with Crippen molar-refractivity contribution in [3.8, 4) is 0 Å². The van der Waals surface area contributed by atoms with Gasteiger partial charge in [-0.3, -0.25) is 0 Å². The van der Waals surface area contributed by atoms with Crippen LogP contribution >= 0.6 is 23.2 Å². The van der Waals surface area contributed by atoms with Gasteiger partial charge in [0.05, 0.1) is 21.8 Å². The Morgan fingerprint density at radius 3 is 2.65 bits per heavy atom. The minimum Gasteiger partial charge on any atom is -0.246 e. The first-order valence-electron chi connectivity index (χ1n) is 4.39. The Hall–Kier alpha value is -0.890. The molecule has 0 unspecified atom stereocenters. The van der Waals surface area contributed by atoms with Crippen LogP contribution in [0.25, 0.3) is 11.0 Å². The molecule has 0 spiro atoms. The number of rotatable bonds is 3. The minimum atomic E-state index is -3.53. The number of nitrogens with zero attached hydrogens (tertiary/aromatic N) is 3. The Morgan fingerprint density at radius 2 is 2.00 bits per heavy atom. The predicted molar refractivity (Wildman–Crippen MR) is 63.5 cm³/mol. The minimum absolute atomic E-state index is 0.257. The van der Waals surface area contributed by atoms with Crippen LogP contribution in [-0.4, -0.2) is 29.7 Å². The average molecular weight is 296 g/mol. The van der Waals surface area contributed by atoms with Crippen LogP contribution in [0.15, 0.2) is 12.1 Å². The van der Waals surface area contributed by atoms with Gasteiger partial charge in [0.15, 0.2) is 6.73 Å². The molecule has 0 N–H and O–H groups in total. The van der Waals surface area contributed by atoms with E-state index in [1.807, 2.05) is 0 Å². The maximum absolute atomic E-state index is 10.9. The fraction of sp³-hybridized carbons (Fsp3) is 0.250. The van der Waals surface area contributed by atoms with E-state index in [4.69, 9.17) is 23.2 Å². The van der Waals surface area contributed by atoms with Crippen LogP contribution in [0.5, 0.6) is 0 Å². The number of benzene rings is 1. The number of fused-ring (bicyclic) bond motifs is 1. The van der Waals surface area contributed by atoms with Crippen LogP contribution in [0, 0.1) is 0 Å². The molecule has 1 heterocycles. The van der Waals surface area contributed by atoms with Crippen LogP contribution in [0.3, 0.4) is 0 Å². The smallest absolute Gasteiger partial charge is 0.246 e. The molecule has 92 valence electrons. The standard InChI is InChI=1S/C8H7Cl2N3O3S/c1-17(14,15)16-4-13-8-3-6(10)5(9)2-7(8)11-12-13/h2-3H,4H2,1H3. The Kier molecular flexibility index (Phi) is 3.26. The van der Waals surface area contributed by atoms with Gasteiger partial charge in [-0.2, -0.15) is 8.42 Å². The van der Waals surface area contributed by atoms with Gasteiger partial charge in [-0.25, -0.2) is 8.86 Å². The maximum Gasteiger partial charge on any atom is 0.266 e. The van der Waals surface area contributed by atoms with E-state index in [2.05, 4.69) is 14.5 Å². The van der Waals surface area contributed by atoms with Crippen LogP contribution in [0.4, 0.5) is 0 Å². The molecule has 0 aliphatic carbocycles. The summed E-state index contributed by atoms with van der Waals surface area (Å²) in [4.78, 5) is 0. The summed E-state index contributed by atoms with van der Waals surface area (Å²) in [5.41, 5.74) is 1.06. The van der Waals surface area contributed by atoms with E-state index >= 15 is 0 Å². The van der Waals surface area contributed by atoms with Crippen LogP contribution in [0.1, 0.15) is 0 Å². The van der Waals surface area contributed by atoms with E-state index in [0.717, 1.165) is 6.26 Å². The molecule has 0 fully saturated rings. The molecule has 0 bridgehead atoms. The zero-order valence-corrected chi connectivity index (χ0v) is 10.9. The van der Waals surface area contributed by atoms with Crippen molar-refractivity contribution < 1.29 is 12.6 Å². The highest BCUT2D eigenvalue weighted by atomic mass is 35.5. The molecule has 9 heteroatoms. The van der Waals surface area contributed by atoms with E-state index in [1.165, 1.54) is 4.68 Å². The summed E-state index contributed by atoms with van der Waals surface area (Å²) in [6.07, 6.45) is 0.954. The van der Waals surface area contributed by atoms with Crippen molar-refractivity contribution in [2.24, 2.45) is 0 Å². The first-order chi connectivity index (χ1) is 7.87. The lowest BCUT2D eigenvalue weighted by Gasteiger charge is -2.02. The second kappa shape index (κ2) is 4.41. The average Bonchev–Trinajstić information content (AvgIpc) is 2.57. The number of halogens is 2. The molecule has 0 saturated heterocycles. The Labute approximate surface area is 107 Å². The summed E-state index contributed by atoms with van der Waals surface area (Å²) in [7, 11) is -3.53. The highest BCUT2D eigenvalue weighted by Gasteiger charge is 2.10. The third-order valence-corrected chi connectivity index (χ3v) is 3.20. The molecule has 17 heavy (non-hydrogen) atoms. The lowest BCUT2D eigenvalue weighted by Crippen LogP contribution is -2.09. The van der Waals surface area contributed by atoms with Gasteiger partial charge >= 0.3 is 0 Å². The van der Waals surface area contributed by atoms with E-state index in [0.29, 0.717) is 21.1 Å².